The summed E-state index contributed by atoms with van der Waals surface area (Å²) in [5, 5.41) is 13.4. The second-order valence-electron chi connectivity index (χ2n) is 3.15. The number of halogens is 1. The van der Waals surface area contributed by atoms with E-state index in [1.165, 1.54) is 0 Å². The number of aliphatic hydroxyl groups is 1. The number of thiophene rings is 1. The summed E-state index contributed by atoms with van der Waals surface area (Å²) in [6.45, 7) is 0.736. The highest BCUT2D eigenvalue weighted by Gasteiger charge is 2.04. The molecule has 84 valence electrons. The highest BCUT2D eigenvalue weighted by Crippen LogP contribution is 2.22. The summed E-state index contributed by atoms with van der Waals surface area (Å²) in [7, 11) is 0. The maximum absolute atomic E-state index is 11.3. The zero-order valence-electron chi connectivity index (χ0n) is 8.33. The lowest BCUT2D eigenvalue weighted by atomic mass is 10.2. The van der Waals surface area contributed by atoms with Gasteiger partial charge in [0, 0.05) is 22.4 Å². The van der Waals surface area contributed by atoms with Crippen LogP contribution in [0, 0.1) is 0 Å². The third-order valence-electron chi connectivity index (χ3n) is 1.95. The van der Waals surface area contributed by atoms with Crippen molar-refractivity contribution in [2.75, 3.05) is 6.61 Å². The number of hydrogen-bond donors (Lipinski definition) is 2. The number of carbonyl (C=O) groups excluding carboxylic acids is 1. The Labute approximate surface area is 102 Å². The van der Waals surface area contributed by atoms with Gasteiger partial charge in [0.15, 0.2) is 0 Å². The summed E-state index contributed by atoms with van der Waals surface area (Å²) < 4.78 is 1.04. The summed E-state index contributed by atoms with van der Waals surface area (Å²) in [5.41, 5.74) is 0. The van der Waals surface area contributed by atoms with Crippen LogP contribution in [0.15, 0.2) is 15.9 Å². The van der Waals surface area contributed by atoms with Gasteiger partial charge in [0.05, 0.1) is 6.54 Å². The van der Waals surface area contributed by atoms with Crippen molar-refractivity contribution >= 4 is 33.2 Å². The predicted octanol–water partition coefficient (Wildman–Crippen LogP) is 2.29. The minimum Gasteiger partial charge on any atom is -0.396 e. The number of amides is 1. The van der Waals surface area contributed by atoms with Gasteiger partial charge in [0.25, 0.3) is 0 Å². The molecule has 1 aromatic rings. The van der Waals surface area contributed by atoms with E-state index in [2.05, 4.69) is 21.2 Å². The van der Waals surface area contributed by atoms with Gasteiger partial charge in [-0.25, -0.2) is 0 Å². The number of aliphatic hydroxyl groups excluding tert-OH is 1. The molecule has 0 radical (unpaired) electrons. The molecule has 1 amide bonds. The van der Waals surface area contributed by atoms with E-state index in [0.29, 0.717) is 19.4 Å². The van der Waals surface area contributed by atoms with Crippen molar-refractivity contribution in [2.24, 2.45) is 0 Å². The van der Waals surface area contributed by atoms with Gasteiger partial charge in [-0.1, -0.05) is 0 Å². The van der Waals surface area contributed by atoms with E-state index in [-0.39, 0.29) is 12.5 Å². The quantitative estimate of drug-likeness (QED) is 0.790. The Morgan fingerprint density at radius 1 is 1.53 bits per heavy atom. The highest BCUT2D eigenvalue weighted by atomic mass is 79.9. The molecule has 0 spiro atoms. The van der Waals surface area contributed by atoms with Crippen LogP contribution in [0.1, 0.15) is 24.1 Å². The smallest absolute Gasteiger partial charge is 0.220 e. The second-order valence-corrected chi connectivity index (χ2v) is 5.00. The third kappa shape index (κ3) is 4.77. The molecule has 0 aliphatic rings. The average molecular weight is 292 g/mol. The lowest BCUT2D eigenvalue weighted by Crippen LogP contribution is -2.22. The number of hydrogen-bond acceptors (Lipinski definition) is 3. The van der Waals surface area contributed by atoms with Gasteiger partial charge in [-0.3, -0.25) is 4.79 Å². The van der Waals surface area contributed by atoms with Crippen LogP contribution in [0.2, 0.25) is 0 Å². The van der Waals surface area contributed by atoms with E-state index in [9.17, 15) is 4.79 Å². The zero-order chi connectivity index (χ0) is 11.1. The van der Waals surface area contributed by atoms with E-state index >= 15 is 0 Å². The molecular formula is C10H14BrNO2S. The monoisotopic (exact) mass is 291 g/mol. The minimum absolute atomic E-state index is 0.0451. The summed E-state index contributed by atoms with van der Waals surface area (Å²) in [6.07, 6.45) is 1.92. The molecule has 0 aliphatic heterocycles. The van der Waals surface area contributed by atoms with Gasteiger partial charge in [-0.2, -0.15) is 0 Å². The fourth-order valence-corrected chi connectivity index (χ4v) is 2.55. The molecule has 0 aliphatic carbocycles. The first-order valence-corrected chi connectivity index (χ1v) is 6.50. The Bertz CT molecular complexity index is 314. The second kappa shape index (κ2) is 6.98. The SMILES string of the molecule is O=C(CCCCO)NCc1sccc1Br. The Morgan fingerprint density at radius 3 is 2.93 bits per heavy atom. The van der Waals surface area contributed by atoms with Crippen molar-refractivity contribution in [1.82, 2.24) is 5.32 Å². The van der Waals surface area contributed by atoms with Crippen molar-refractivity contribution in [3.63, 3.8) is 0 Å². The molecule has 5 heteroatoms. The van der Waals surface area contributed by atoms with Gasteiger partial charge in [-0.05, 0) is 40.2 Å². The lowest BCUT2D eigenvalue weighted by molar-refractivity contribution is -0.121. The van der Waals surface area contributed by atoms with Crippen molar-refractivity contribution in [2.45, 2.75) is 25.8 Å². The molecule has 1 aromatic heterocycles. The summed E-state index contributed by atoms with van der Waals surface area (Å²) in [6, 6.07) is 1.97. The normalized spacial score (nSPS) is 10.3. The standard InChI is InChI=1S/C10H14BrNO2S/c11-8-4-6-15-9(8)7-12-10(14)3-1-2-5-13/h4,6,13H,1-3,5,7H2,(H,12,14). The van der Waals surface area contributed by atoms with E-state index in [0.717, 1.165) is 15.8 Å². The number of carbonyl (C=O) groups is 1. The van der Waals surface area contributed by atoms with Crippen LogP contribution in [0.5, 0.6) is 0 Å². The van der Waals surface area contributed by atoms with Crippen molar-refractivity contribution in [1.29, 1.82) is 0 Å². The first-order chi connectivity index (χ1) is 7.24. The molecule has 0 saturated heterocycles. The Kier molecular flexibility index (Phi) is 5.90. The fraction of sp³-hybridized carbons (Fsp3) is 0.500. The van der Waals surface area contributed by atoms with Crippen LogP contribution in [-0.2, 0) is 11.3 Å². The minimum atomic E-state index is 0.0451. The fourth-order valence-electron chi connectivity index (χ4n) is 1.12. The number of nitrogens with one attached hydrogen (secondary N) is 1. The maximum Gasteiger partial charge on any atom is 0.220 e. The number of unbranched alkanes of at least 4 members (excludes halogenated alkanes) is 1. The molecule has 0 aromatic carbocycles. The van der Waals surface area contributed by atoms with Crippen LogP contribution in [0.25, 0.3) is 0 Å². The number of rotatable bonds is 6. The molecule has 15 heavy (non-hydrogen) atoms. The molecule has 0 fully saturated rings. The van der Waals surface area contributed by atoms with Crippen LogP contribution >= 0.6 is 27.3 Å². The Morgan fingerprint density at radius 2 is 2.33 bits per heavy atom. The first-order valence-electron chi connectivity index (χ1n) is 4.83. The molecule has 2 N–H and O–H groups in total. The molecule has 0 unspecified atom stereocenters. The topological polar surface area (TPSA) is 49.3 Å². The van der Waals surface area contributed by atoms with Crippen LogP contribution in [-0.4, -0.2) is 17.6 Å². The van der Waals surface area contributed by atoms with Crippen LogP contribution < -0.4 is 5.32 Å². The maximum atomic E-state index is 11.3. The molecule has 0 atom stereocenters. The summed E-state index contributed by atoms with van der Waals surface area (Å²) >= 11 is 5.02. The van der Waals surface area contributed by atoms with Crippen molar-refractivity contribution < 1.29 is 9.90 Å². The van der Waals surface area contributed by atoms with Crippen molar-refractivity contribution in [3.8, 4) is 0 Å². The van der Waals surface area contributed by atoms with E-state index in [1.807, 2.05) is 11.4 Å². The van der Waals surface area contributed by atoms with Crippen LogP contribution in [0.3, 0.4) is 0 Å². The molecular weight excluding hydrogens is 278 g/mol. The first kappa shape index (κ1) is 12.7. The summed E-state index contributed by atoms with van der Waals surface area (Å²) in [5.74, 6) is 0.0451. The van der Waals surface area contributed by atoms with E-state index in [4.69, 9.17) is 5.11 Å². The Hall–Kier alpha value is -0.390. The van der Waals surface area contributed by atoms with Gasteiger partial charge < -0.3 is 10.4 Å². The average Bonchev–Trinajstić information content (AvgIpc) is 2.61. The molecule has 3 nitrogen and oxygen atoms in total. The molecule has 1 rings (SSSR count). The lowest BCUT2D eigenvalue weighted by Gasteiger charge is -2.03. The van der Waals surface area contributed by atoms with Gasteiger partial charge >= 0.3 is 0 Å². The largest absolute Gasteiger partial charge is 0.396 e. The highest BCUT2D eigenvalue weighted by molar-refractivity contribution is 9.10. The molecule has 1 heterocycles. The molecule has 0 saturated carbocycles. The zero-order valence-corrected chi connectivity index (χ0v) is 10.7. The van der Waals surface area contributed by atoms with Gasteiger partial charge in [-0.15, -0.1) is 11.3 Å². The summed E-state index contributed by atoms with van der Waals surface area (Å²) in [4.78, 5) is 12.5. The third-order valence-corrected chi connectivity index (χ3v) is 3.88. The van der Waals surface area contributed by atoms with E-state index < -0.39 is 0 Å². The van der Waals surface area contributed by atoms with Gasteiger partial charge in [0.1, 0.15) is 0 Å². The van der Waals surface area contributed by atoms with Gasteiger partial charge in [0.2, 0.25) is 5.91 Å². The molecule has 0 bridgehead atoms. The predicted molar refractivity (Wildman–Crippen MR) is 64.8 cm³/mol. The van der Waals surface area contributed by atoms with E-state index in [1.54, 1.807) is 11.3 Å². The van der Waals surface area contributed by atoms with Crippen LogP contribution in [0.4, 0.5) is 0 Å². The Balaban J connectivity index is 2.20. The van der Waals surface area contributed by atoms with Crippen molar-refractivity contribution in [3.05, 3.63) is 20.8 Å².